The van der Waals surface area contributed by atoms with Crippen LogP contribution in [-0.4, -0.2) is 49.4 Å². The van der Waals surface area contributed by atoms with E-state index in [0.717, 1.165) is 38.9 Å². The lowest BCUT2D eigenvalue weighted by Gasteiger charge is -2.32. The third-order valence-electron chi connectivity index (χ3n) is 5.18. The number of likely N-dealkylation sites (tertiary alicyclic amines) is 1. The van der Waals surface area contributed by atoms with E-state index in [-0.39, 0.29) is 30.1 Å². The lowest BCUT2D eigenvalue weighted by Crippen LogP contribution is -2.45. The number of hydrogen-bond donors (Lipinski definition) is 2. The first-order chi connectivity index (χ1) is 12.1. The smallest absolute Gasteiger partial charge is 0.253 e. The highest BCUT2D eigenvalue weighted by molar-refractivity contribution is 6.30. The fourth-order valence-electron chi connectivity index (χ4n) is 3.66. The normalized spacial score (nSPS) is 22.6. The number of piperidine rings is 1. The molecule has 2 saturated heterocycles. The summed E-state index contributed by atoms with van der Waals surface area (Å²) in [7, 11) is 0. The summed E-state index contributed by atoms with van der Waals surface area (Å²) >= 11 is 5.88. The number of amides is 2. The zero-order chi connectivity index (χ0) is 17.6. The maximum atomic E-state index is 12.6. The number of halogens is 2. The van der Waals surface area contributed by atoms with E-state index < -0.39 is 0 Å². The minimum Gasteiger partial charge on any atom is -0.356 e. The Morgan fingerprint density at radius 3 is 2.69 bits per heavy atom. The molecule has 2 atom stereocenters. The number of carbonyl (C=O) groups excluding carboxylic acids is 2. The van der Waals surface area contributed by atoms with Crippen LogP contribution in [0.3, 0.4) is 0 Å². The van der Waals surface area contributed by atoms with Crippen LogP contribution >= 0.6 is 24.0 Å². The number of nitrogens with zero attached hydrogens (tertiary/aromatic N) is 1. The zero-order valence-electron chi connectivity index (χ0n) is 14.9. The Labute approximate surface area is 166 Å². The molecule has 2 aliphatic heterocycles. The fourth-order valence-corrected chi connectivity index (χ4v) is 3.78. The van der Waals surface area contributed by atoms with Gasteiger partial charge in [0.1, 0.15) is 0 Å². The summed E-state index contributed by atoms with van der Waals surface area (Å²) in [6, 6.07) is 6.93. The van der Waals surface area contributed by atoms with Crippen LogP contribution < -0.4 is 10.6 Å². The number of rotatable bonds is 5. The van der Waals surface area contributed by atoms with Crippen LogP contribution in [0.1, 0.15) is 36.0 Å². The Morgan fingerprint density at radius 1 is 1.23 bits per heavy atom. The third-order valence-corrected chi connectivity index (χ3v) is 5.44. The van der Waals surface area contributed by atoms with Crippen LogP contribution in [0.25, 0.3) is 0 Å². The molecule has 0 aliphatic carbocycles. The van der Waals surface area contributed by atoms with Gasteiger partial charge in [0.2, 0.25) is 5.91 Å². The second kappa shape index (κ2) is 10.1. The van der Waals surface area contributed by atoms with Crippen molar-refractivity contribution in [2.45, 2.75) is 25.7 Å². The molecule has 144 valence electrons. The Kier molecular flexibility index (Phi) is 8.19. The molecule has 2 N–H and O–H groups in total. The van der Waals surface area contributed by atoms with E-state index in [4.69, 9.17) is 11.6 Å². The van der Waals surface area contributed by atoms with Crippen LogP contribution in [0.4, 0.5) is 0 Å². The highest BCUT2D eigenvalue weighted by Crippen LogP contribution is 2.20. The standard InChI is InChI=1S/C19H26ClN3O2.ClH/c20-17-5-3-15(4-6-17)19(25)23-11-1-2-16(13-23)18(24)22-10-8-14-7-9-21-12-14;/h3-6,14,16,21H,1-2,7-13H2,(H,22,24);1H. The van der Waals surface area contributed by atoms with Crippen LogP contribution in [0, 0.1) is 11.8 Å². The SMILES string of the molecule is Cl.O=C(NCCC1CCNC1)C1CCCN(C(=O)c2ccc(Cl)cc2)C1. The summed E-state index contributed by atoms with van der Waals surface area (Å²) < 4.78 is 0. The first-order valence-corrected chi connectivity index (χ1v) is 9.54. The maximum Gasteiger partial charge on any atom is 0.253 e. The molecule has 2 unspecified atom stereocenters. The Morgan fingerprint density at radius 2 is 2.00 bits per heavy atom. The van der Waals surface area contributed by atoms with Crippen molar-refractivity contribution in [3.63, 3.8) is 0 Å². The molecule has 0 spiro atoms. The number of nitrogens with one attached hydrogen (secondary N) is 2. The molecule has 0 radical (unpaired) electrons. The molecule has 3 rings (SSSR count). The molecule has 2 amide bonds. The van der Waals surface area contributed by atoms with Gasteiger partial charge in [0, 0.05) is 30.2 Å². The van der Waals surface area contributed by atoms with Crippen LogP contribution in [0.5, 0.6) is 0 Å². The second-order valence-electron chi connectivity index (χ2n) is 7.04. The summed E-state index contributed by atoms with van der Waals surface area (Å²) in [4.78, 5) is 26.8. The van der Waals surface area contributed by atoms with Crippen molar-refractivity contribution in [2.75, 3.05) is 32.7 Å². The predicted octanol–water partition coefficient (Wildman–Crippen LogP) is 2.73. The van der Waals surface area contributed by atoms with E-state index in [2.05, 4.69) is 10.6 Å². The molecule has 0 aromatic heterocycles. The van der Waals surface area contributed by atoms with E-state index in [1.165, 1.54) is 6.42 Å². The predicted molar refractivity (Wildman–Crippen MR) is 106 cm³/mol. The summed E-state index contributed by atoms with van der Waals surface area (Å²) in [5, 5.41) is 7.03. The maximum absolute atomic E-state index is 12.6. The first kappa shape index (κ1) is 21.0. The van der Waals surface area contributed by atoms with Crippen LogP contribution in [0.15, 0.2) is 24.3 Å². The van der Waals surface area contributed by atoms with Crippen molar-refractivity contribution in [1.29, 1.82) is 0 Å². The molecule has 26 heavy (non-hydrogen) atoms. The lowest BCUT2D eigenvalue weighted by molar-refractivity contribution is -0.126. The minimum atomic E-state index is -0.105. The fraction of sp³-hybridized carbons (Fsp3) is 0.579. The van der Waals surface area contributed by atoms with Crippen molar-refractivity contribution >= 4 is 35.8 Å². The molecular formula is C19H27Cl2N3O2. The molecule has 1 aromatic carbocycles. The Bertz CT molecular complexity index is 603. The number of benzene rings is 1. The minimum absolute atomic E-state index is 0. The highest BCUT2D eigenvalue weighted by atomic mass is 35.5. The molecule has 7 heteroatoms. The molecule has 2 heterocycles. The Hall–Kier alpha value is -1.30. The first-order valence-electron chi connectivity index (χ1n) is 9.17. The van der Waals surface area contributed by atoms with Crippen molar-refractivity contribution in [1.82, 2.24) is 15.5 Å². The van der Waals surface area contributed by atoms with Gasteiger partial charge in [-0.25, -0.2) is 0 Å². The van der Waals surface area contributed by atoms with Crippen molar-refractivity contribution in [3.05, 3.63) is 34.9 Å². The molecule has 5 nitrogen and oxygen atoms in total. The molecule has 0 bridgehead atoms. The molecule has 0 saturated carbocycles. The topological polar surface area (TPSA) is 61.4 Å². The van der Waals surface area contributed by atoms with Crippen molar-refractivity contribution in [2.24, 2.45) is 11.8 Å². The van der Waals surface area contributed by atoms with E-state index >= 15 is 0 Å². The molecular weight excluding hydrogens is 373 g/mol. The van der Waals surface area contributed by atoms with Crippen molar-refractivity contribution in [3.8, 4) is 0 Å². The van der Waals surface area contributed by atoms with E-state index in [9.17, 15) is 9.59 Å². The van der Waals surface area contributed by atoms with Gasteiger partial charge >= 0.3 is 0 Å². The zero-order valence-corrected chi connectivity index (χ0v) is 16.5. The molecule has 1 aromatic rings. The largest absolute Gasteiger partial charge is 0.356 e. The summed E-state index contributed by atoms with van der Waals surface area (Å²) in [6.45, 7) is 4.08. The van der Waals surface area contributed by atoms with Crippen LogP contribution in [0.2, 0.25) is 5.02 Å². The Balaban J connectivity index is 0.00000243. The number of carbonyl (C=O) groups is 2. The van der Waals surface area contributed by atoms with Crippen molar-refractivity contribution < 1.29 is 9.59 Å². The quantitative estimate of drug-likeness (QED) is 0.799. The summed E-state index contributed by atoms with van der Waals surface area (Å²) in [5.41, 5.74) is 0.624. The van der Waals surface area contributed by atoms with Gasteiger partial charge in [-0.3, -0.25) is 9.59 Å². The van der Waals surface area contributed by atoms with Gasteiger partial charge in [0.15, 0.2) is 0 Å². The average Bonchev–Trinajstić information content (AvgIpc) is 3.15. The van der Waals surface area contributed by atoms with Gasteiger partial charge in [-0.1, -0.05) is 11.6 Å². The van der Waals surface area contributed by atoms with Gasteiger partial charge in [-0.05, 0) is 69.0 Å². The summed E-state index contributed by atoms with van der Waals surface area (Å²) in [6.07, 6.45) is 3.94. The van der Waals surface area contributed by atoms with E-state index in [1.807, 2.05) is 0 Å². The van der Waals surface area contributed by atoms with E-state index in [0.29, 0.717) is 29.6 Å². The summed E-state index contributed by atoms with van der Waals surface area (Å²) in [5.74, 6) is 0.632. The number of hydrogen-bond acceptors (Lipinski definition) is 3. The highest BCUT2D eigenvalue weighted by Gasteiger charge is 2.29. The molecule has 2 fully saturated rings. The molecule has 2 aliphatic rings. The second-order valence-corrected chi connectivity index (χ2v) is 7.47. The van der Waals surface area contributed by atoms with Gasteiger partial charge in [-0.2, -0.15) is 0 Å². The van der Waals surface area contributed by atoms with Gasteiger partial charge in [0.05, 0.1) is 5.92 Å². The monoisotopic (exact) mass is 399 g/mol. The van der Waals surface area contributed by atoms with Gasteiger partial charge < -0.3 is 15.5 Å². The average molecular weight is 400 g/mol. The van der Waals surface area contributed by atoms with Gasteiger partial charge in [0.25, 0.3) is 5.91 Å². The van der Waals surface area contributed by atoms with Crippen LogP contribution in [-0.2, 0) is 4.79 Å². The third kappa shape index (κ3) is 5.60. The van der Waals surface area contributed by atoms with Gasteiger partial charge in [-0.15, -0.1) is 12.4 Å². The van der Waals surface area contributed by atoms with E-state index in [1.54, 1.807) is 29.2 Å². The lowest BCUT2D eigenvalue weighted by atomic mass is 9.96.